The Morgan fingerprint density at radius 1 is 1.00 bits per heavy atom. The van der Waals surface area contributed by atoms with Crippen molar-refractivity contribution in [3.63, 3.8) is 0 Å². The van der Waals surface area contributed by atoms with Crippen molar-refractivity contribution in [1.29, 1.82) is 0 Å². The number of allylic oxidation sites excluding steroid dienone is 2. The van der Waals surface area contributed by atoms with Crippen LogP contribution in [0.5, 0.6) is 0 Å². The molecule has 0 heteroatoms. The van der Waals surface area contributed by atoms with Crippen LogP contribution in [0, 0.1) is 11.3 Å². The van der Waals surface area contributed by atoms with E-state index in [4.69, 9.17) is 0 Å². The molecule has 0 aromatic rings. The van der Waals surface area contributed by atoms with Gasteiger partial charge in [0.15, 0.2) is 0 Å². The minimum Gasteiger partial charge on any atom is -0.103 e. The van der Waals surface area contributed by atoms with Crippen molar-refractivity contribution < 1.29 is 0 Å². The van der Waals surface area contributed by atoms with Crippen molar-refractivity contribution in [1.82, 2.24) is 0 Å². The van der Waals surface area contributed by atoms with Crippen molar-refractivity contribution in [2.45, 2.75) is 65.7 Å². The Morgan fingerprint density at radius 2 is 1.56 bits per heavy atom. The van der Waals surface area contributed by atoms with Gasteiger partial charge < -0.3 is 0 Å². The van der Waals surface area contributed by atoms with Crippen LogP contribution in [0.2, 0.25) is 0 Å². The maximum atomic E-state index is 3.96. The van der Waals surface area contributed by atoms with E-state index in [0.29, 0.717) is 5.92 Å². The Labute approximate surface area is 103 Å². The Kier molecular flexibility index (Phi) is 8.33. The summed E-state index contributed by atoms with van der Waals surface area (Å²) in [5.41, 5.74) is 0.200. The summed E-state index contributed by atoms with van der Waals surface area (Å²) in [7, 11) is 0. The highest BCUT2D eigenvalue weighted by molar-refractivity contribution is 4.99. The van der Waals surface area contributed by atoms with Crippen LogP contribution in [-0.4, -0.2) is 0 Å². The van der Waals surface area contributed by atoms with E-state index in [2.05, 4.69) is 46.1 Å². The van der Waals surface area contributed by atoms with E-state index in [-0.39, 0.29) is 5.41 Å². The van der Waals surface area contributed by atoms with E-state index in [9.17, 15) is 0 Å². The summed E-state index contributed by atoms with van der Waals surface area (Å²) in [6, 6.07) is 0. The van der Waals surface area contributed by atoms with E-state index in [1.807, 2.05) is 0 Å². The van der Waals surface area contributed by atoms with E-state index < -0.39 is 0 Å². The molecule has 0 saturated heterocycles. The second-order valence-electron chi connectivity index (χ2n) is 5.42. The van der Waals surface area contributed by atoms with E-state index >= 15 is 0 Å². The molecule has 0 aromatic heterocycles. The lowest BCUT2D eigenvalue weighted by molar-refractivity contribution is 0.315. The average Bonchev–Trinajstić information content (AvgIpc) is 2.28. The molecular formula is C16H30. The maximum Gasteiger partial charge on any atom is -0.0115 e. The summed E-state index contributed by atoms with van der Waals surface area (Å²) < 4.78 is 0. The van der Waals surface area contributed by atoms with E-state index in [0.717, 1.165) is 0 Å². The molecule has 0 bridgehead atoms. The van der Waals surface area contributed by atoms with Gasteiger partial charge >= 0.3 is 0 Å². The largest absolute Gasteiger partial charge is 0.103 e. The van der Waals surface area contributed by atoms with Crippen LogP contribution in [0.4, 0.5) is 0 Å². The lowest BCUT2D eigenvalue weighted by Crippen LogP contribution is -2.19. The first-order valence-corrected chi connectivity index (χ1v) is 6.84. The summed E-state index contributed by atoms with van der Waals surface area (Å²) in [4.78, 5) is 0. The number of unbranched alkanes of at least 4 members (excludes halogenated alkanes) is 5. The van der Waals surface area contributed by atoms with Gasteiger partial charge in [0.25, 0.3) is 0 Å². The van der Waals surface area contributed by atoms with Crippen molar-refractivity contribution in [2.24, 2.45) is 11.3 Å². The minimum atomic E-state index is 0.200. The van der Waals surface area contributed by atoms with E-state index in [1.165, 1.54) is 44.9 Å². The van der Waals surface area contributed by atoms with Gasteiger partial charge in [0, 0.05) is 0 Å². The van der Waals surface area contributed by atoms with Crippen LogP contribution in [0.25, 0.3) is 0 Å². The molecular weight excluding hydrogens is 192 g/mol. The smallest absolute Gasteiger partial charge is 0.0115 e. The minimum absolute atomic E-state index is 0.200. The van der Waals surface area contributed by atoms with Crippen LogP contribution < -0.4 is 0 Å². The summed E-state index contributed by atoms with van der Waals surface area (Å²) in [6.45, 7) is 14.6. The van der Waals surface area contributed by atoms with Crippen LogP contribution in [0.1, 0.15) is 65.7 Å². The second kappa shape index (κ2) is 8.61. The molecule has 1 unspecified atom stereocenters. The van der Waals surface area contributed by atoms with Crippen LogP contribution in [-0.2, 0) is 0 Å². The molecule has 0 radical (unpaired) electrons. The monoisotopic (exact) mass is 222 g/mol. The van der Waals surface area contributed by atoms with Gasteiger partial charge in [0.1, 0.15) is 0 Å². The lowest BCUT2D eigenvalue weighted by atomic mass is 9.76. The molecule has 0 aliphatic rings. The molecule has 0 nitrogen and oxygen atoms in total. The van der Waals surface area contributed by atoms with Crippen molar-refractivity contribution in [2.75, 3.05) is 0 Å². The van der Waals surface area contributed by atoms with Gasteiger partial charge in [-0.05, 0) is 17.8 Å². The zero-order chi connectivity index (χ0) is 12.4. The molecule has 0 spiro atoms. The van der Waals surface area contributed by atoms with Crippen molar-refractivity contribution in [3.8, 4) is 0 Å². The molecule has 1 atom stereocenters. The third kappa shape index (κ3) is 6.15. The fraction of sp³-hybridized carbons (Fsp3) is 0.750. The van der Waals surface area contributed by atoms with E-state index in [1.54, 1.807) is 0 Å². The first kappa shape index (κ1) is 15.5. The van der Waals surface area contributed by atoms with Gasteiger partial charge in [-0.25, -0.2) is 0 Å². The topological polar surface area (TPSA) is 0 Å². The standard InChI is InChI=1S/C16H30/c1-6-9-10-11-12-13-14-15(7-2)16(4,5)8-3/h7-8,15H,2-3,6,9-14H2,1,4-5H3. The fourth-order valence-electron chi connectivity index (χ4n) is 2.09. The molecule has 0 aliphatic heterocycles. The zero-order valence-electron chi connectivity index (χ0n) is 11.6. The third-order valence-electron chi connectivity index (χ3n) is 3.63. The molecule has 0 aromatic carbocycles. The quantitative estimate of drug-likeness (QED) is 0.326. The Hall–Kier alpha value is -0.520. The molecule has 0 N–H and O–H groups in total. The average molecular weight is 222 g/mol. The SMILES string of the molecule is C=CC(CCCCCCCC)C(C)(C)C=C. The Balaban J connectivity index is 3.72. The van der Waals surface area contributed by atoms with Gasteiger partial charge in [0.05, 0.1) is 0 Å². The first-order valence-electron chi connectivity index (χ1n) is 6.84. The summed E-state index contributed by atoms with van der Waals surface area (Å²) in [5.74, 6) is 0.580. The first-order chi connectivity index (χ1) is 7.58. The normalized spacial score (nSPS) is 13.4. The van der Waals surface area contributed by atoms with Gasteiger partial charge in [0.2, 0.25) is 0 Å². The molecule has 0 fully saturated rings. The molecule has 0 saturated carbocycles. The summed E-state index contributed by atoms with van der Waals surface area (Å²) in [5, 5.41) is 0. The van der Waals surface area contributed by atoms with Gasteiger partial charge in [-0.3, -0.25) is 0 Å². The Morgan fingerprint density at radius 3 is 2.06 bits per heavy atom. The molecule has 0 heterocycles. The zero-order valence-corrected chi connectivity index (χ0v) is 11.6. The van der Waals surface area contributed by atoms with Crippen LogP contribution in [0.15, 0.2) is 25.3 Å². The van der Waals surface area contributed by atoms with Crippen molar-refractivity contribution >= 4 is 0 Å². The fourth-order valence-corrected chi connectivity index (χ4v) is 2.09. The number of hydrogen-bond donors (Lipinski definition) is 0. The predicted molar refractivity (Wildman–Crippen MR) is 75.7 cm³/mol. The molecule has 0 aliphatic carbocycles. The Bertz CT molecular complexity index is 188. The third-order valence-corrected chi connectivity index (χ3v) is 3.63. The highest BCUT2D eigenvalue weighted by atomic mass is 14.3. The second-order valence-corrected chi connectivity index (χ2v) is 5.42. The highest BCUT2D eigenvalue weighted by Gasteiger charge is 2.22. The van der Waals surface area contributed by atoms with Crippen LogP contribution >= 0.6 is 0 Å². The molecule has 0 rings (SSSR count). The highest BCUT2D eigenvalue weighted by Crippen LogP contribution is 2.32. The molecule has 16 heavy (non-hydrogen) atoms. The summed E-state index contributed by atoms with van der Waals surface area (Å²) in [6.07, 6.45) is 13.7. The van der Waals surface area contributed by atoms with Crippen molar-refractivity contribution in [3.05, 3.63) is 25.3 Å². The van der Waals surface area contributed by atoms with Crippen LogP contribution in [0.3, 0.4) is 0 Å². The molecule has 0 amide bonds. The summed E-state index contributed by atoms with van der Waals surface area (Å²) >= 11 is 0. The van der Waals surface area contributed by atoms with Gasteiger partial charge in [-0.15, -0.1) is 13.2 Å². The van der Waals surface area contributed by atoms with Gasteiger partial charge in [-0.2, -0.15) is 0 Å². The van der Waals surface area contributed by atoms with Gasteiger partial charge in [-0.1, -0.05) is 71.4 Å². The number of rotatable bonds is 10. The predicted octanol–water partition coefficient (Wildman–Crippen LogP) is 5.75. The molecule has 94 valence electrons. The number of hydrogen-bond acceptors (Lipinski definition) is 0. The maximum absolute atomic E-state index is 3.96. The lowest BCUT2D eigenvalue weighted by Gasteiger charge is -2.29.